The van der Waals surface area contributed by atoms with Gasteiger partial charge in [0.05, 0.1) is 5.54 Å². The predicted molar refractivity (Wildman–Crippen MR) is 51.1 cm³/mol. The Bertz CT molecular complexity index is 227. The van der Waals surface area contributed by atoms with Crippen LogP contribution in [0.1, 0.15) is 32.6 Å². The molecule has 2 rings (SSSR count). The Morgan fingerprint density at radius 1 is 1.62 bits per heavy atom. The van der Waals surface area contributed by atoms with Crippen molar-refractivity contribution in [2.75, 3.05) is 7.05 Å². The molecule has 0 aromatic heterocycles. The smallest absolute Gasteiger partial charge is 0.242 e. The first-order valence-corrected chi connectivity index (χ1v) is 5.11. The summed E-state index contributed by atoms with van der Waals surface area (Å²) in [5.41, 5.74) is 5.92. The number of carbonyl (C=O) groups is 1. The Balaban J connectivity index is 2.16. The molecule has 0 bridgehead atoms. The lowest BCUT2D eigenvalue weighted by Crippen LogP contribution is -2.77. The van der Waals surface area contributed by atoms with Gasteiger partial charge in [0.1, 0.15) is 6.04 Å². The summed E-state index contributed by atoms with van der Waals surface area (Å²) in [6, 6.07) is -0.222. The number of β-lactam (4-membered cyclic amide) rings is 1. The van der Waals surface area contributed by atoms with Gasteiger partial charge in [-0.2, -0.15) is 0 Å². The van der Waals surface area contributed by atoms with Crippen molar-refractivity contribution < 1.29 is 4.79 Å². The minimum absolute atomic E-state index is 0.0226. The van der Waals surface area contributed by atoms with Crippen LogP contribution in [0.3, 0.4) is 0 Å². The molecule has 0 radical (unpaired) electrons. The van der Waals surface area contributed by atoms with E-state index in [1.54, 1.807) is 0 Å². The van der Waals surface area contributed by atoms with E-state index in [0.717, 1.165) is 18.8 Å². The third-order valence-electron chi connectivity index (χ3n) is 3.85. The van der Waals surface area contributed by atoms with Gasteiger partial charge in [-0.1, -0.05) is 19.8 Å². The highest BCUT2D eigenvalue weighted by atomic mass is 16.2. The number of likely N-dealkylation sites (N-methyl/N-ethyl adjacent to an activating group) is 1. The van der Waals surface area contributed by atoms with E-state index in [2.05, 4.69) is 6.92 Å². The Kier molecular flexibility index (Phi) is 1.88. The predicted octanol–water partition coefficient (Wildman–Crippen LogP) is 0.735. The molecule has 2 N–H and O–H groups in total. The van der Waals surface area contributed by atoms with E-state index in [4.69, 9.17) is 5.73 Å². The van der Waals surface area contributed by atoms with Crippen LogP contribution in [-0.4, -0.2) is 29.4 Å². The molecular weight excluding hydrogens is 164 g/mol. The fourth-order valence-electron chi connectivity index (χ4n) is 2.95. The first kappa shape index (κ1) is 9.00. The summed E-state index contributed by atoms with van der Waals surface area (Å²) in [6.07, 6.45) is 4.69. The molecule has 1 saturated carbocycles. The van der Waals surface area contributed by atoms with Crippen molar-refractivity contribution >= 4 is 5.91 Å². The van der Waals surface area contributed by atoms with Crippen molar-refractivity contribution in [2.45, 2.75) is 44.2 Å². The molecule has 1 spiro atoms. The molecule has 1 amide bonds. The summed E-state index contributed by atoms with van der Waals surface area (Å²) >= 11 is 0. The average molecular weight is 182 g/mol. The van der Waals surface area contributed by atoms with Crippen LogP contribution in [0.2, 0.25) is 0 Å². The van der Waals surface area contributed by atoms with E-state index < -0.39 is 0 Å². The van der Waals surface area contributed by atoms with Crippen molar-refractivity contribution in [1.82, 2.24) is 4.90 Å². The molecule has 1 heterocycles. The van der Waals surface area contributed by atoms with Gasteiger partial charge in [-0.15, -0.1) is 0 Å². The van der Waals surface area contributed by atoms with Gasteiger partial charge in [0, 0.05) is 7.05 Å². The molecule has 2 fully saturated rings. The molecule has 3 heteroatoms. The number of hydrogen-bond acceptors (Lipinski definition) is 2. The van der Waals surface area contributed by atoms with E-state index in [1.165, 1.54) is 12.8 Å². The Morgan fingerprint density at radius 2 is 2.31 bits per heavy atom. The number of amides is 1. The average Bonchev–Trinajstić information content (AvgIpc) is 2.15. The van der Waals surface area contributed by atoms with Crippen LogP contribution < -0.4 is 5.73 Å². The maximum atomic E-state index is 11.3. The van der Waals surface area contributed by atoms with Gasteiger partial charge >= 0.3 is 0 Å². The van der Waals surface area contributed by atoms with E-state index in [9.17, 15) is 4.79 Å². The summed E-state index contributed by atoms with van der Waals surface area (Å²) in [5.74, 6) is 0.837. The summed E-state index contributed by atoms with van der Waals surface area (Å²) in [6.45, 7) is 2.25. The van der Waals surface area contributed by atoms with Crippen LogP contribution in [0, 0.1) is 5.92 Å². The number of rotatable bonds is 0. The molecule has 3 atom stereocenters. The van der Waals surface area contributed by atoms with E-state index >= 15 is 0 Å². The van der Waals surface area contributed by atoms with Crippen LogP contribution in [0.25, 0.3) is 0 Å². The minimum atomic E-state index is -0.222. The van der Waals surface area contributed by atoms with E-state index in [-0.39, 0.29) is 17.5 Å². The largest absolute Gasteiger partial charge is 0.337 e. The summed E-state index contributed by atoms with van der Waals surface area (Å²) in [7, 11) is 1.89. The number of carbonyl (C=O) groups excluding carboxylic acids is 1. The second-order valence-electron chi connectivity index (χ2n) is 4.68. The molecule has 3 nitrogen and oxygen atoms in total. The van der Waals surface area contributed by atoms with Crippen LogP contribution in [-0.2, 0) is 4.79 Å². The zero-order chi connectivity index (χ0) is 9.64. The first-order chi connectivity index (χ1) is 6.08. The standard InChI is InChI=1S/C10H18N2O/c1-7-4-3-5-10(6-7)8(11)9(13)12(10)2/h7-8H,3-6,11H2,1-2H3/t7-,8-,10+/m1/s1. The molecular formula is C10H18N2O. The van der Waals surface area contributed by atoms with Crippen molar-refractivity contribution in [2.24, 2.45) is 11.7 Å². The van der Waals surface area contributed by atoms with Gasteiger partial charge in [0.25, 0.3) is 0 Å². The van der Waals surface area contributed by atoms with Crippen LogP contribution >= 0.6 is 0 Å². The number of likely N-dealkylation sites (tertiary alicyclic amines) is 1. The Morgan fingerprint density at radius 3 is 2.85 bits per heavy atom. The van der Waals surface area contributed by atoms with Crippen LogP contribution in [0.4, 0.5) is 0 Å². The number of hydrogen-bond donors (Lipinski definition) is 1. The van der Waals surface area contributed by atoms with Gasteiger partial charge in [-0.05, 0) is 18.8 Å². The second-order valence-corrected chi connectivity index (χ2v) is 4.68. The zero-order valence-electron chi connectivity index (χ0n) is 8.42. The lowest BCUT2D eigenvalue weighted by molar-refractivity contribution is -0.162. The van der Waals surface area contributed by atoms with Gasteiger partial charge in [0.2, 0.25) is 5.91 Å². The van der Waals surface area contributed by atoms with Gasteiger partial charge in [-0.3, -0.25) is 4.79 Å². The monoisotopic (exact) mass is 182 g/mol. The highest BCUT2D eigenvalue weighted by molar-refractivity contribution is 5.90. The van der Waals surface area contributed by atoms with Gasteiger partial charge in [-0.25, -0.2) is 0 Å². The maximum Gasteiger partial charge on any atom is 0.242 e. The summed E-state index contributed by atoms with van der Waals surface area (Å²) in [5, 5.41) is 0. The van der Waals surface area contributed by atoms with Crippen molar-refractivity contribution in [3.63, 3.8) is 0 Å². The van der Waals surface area contributed by atoms with Crippen molar-refractivity contribution in [3.05, 3.63) is 0 Å². The Hall–Kier alpha value is -0.570. The molecule has 0 unspecified atom stereocenters. The topological polar surface area (TPSA) is 46.3 Å². The lowest BCUT2D eigenvalue weighted by atomic mass is 9.66. The zero-order valence-corrected chi connectivity index (χ0v) is 8.42. The molecule has 74 valence electrons. The minimum Gasteiger partial charge on any atom is -0.337 e. The highest BCUT2D eigenvalue weighted by Gasteiger charge is 2.57. The normalized spacial score (nSPS) is 45.2. The first-order valence-electron chi connectivity index (χ1n) is 5.11. The lowest BCUT2D eigenvalue weighted by Gasteiger charge is -2.58. The summed E-state index contributed by atoms with van der Waals surface area (Å²) in [4.78, 5) is 13.2. The van der Waals surface area contributed by atoms with Crippen LogP contribution in [0.5, 0.6) is 0 Å². The molecule has 0 aromatic rings. The van der Waals surface area contributed by atoms with Crippen LogP contribution in [0.15, 0.2) is 0 Å². The quantitative estimate of drug-likeness (QED) is 0.561. The highest BCUT2D eigenvalue weighted by Crippen LogP contribution is 2.43. The third kappa shape index (κ3) is 1.03. The number of nitrogens with zero attached hydrogens (tertiary/aromatic N) is 1. The molecule has 1 aliphatic heterocycles. The third-order valence-corrected chi connectivity index (χ3v) is 3.85. The maximum absolute atomic E-state index is 11.3. The fourth-order valence-corrected chi connectivity index (χ4v) is 2.95. The van der Waals surface area contributed by atoms with Gasteiger partial charge < -0.3 is 10.6 Å². The second kappa shape index (κ2) is 2.71. The Labute approximate surface area is 79.3 Å². The molecule has 0 aromatic carbocycles. The molecule has 1 saturated heterocycles. The van der Waals surface area contributed by atoms with E-state index in [1.807, 2.05) is 11.9 Å². The van der Waals surface area contributed by atoms with Gasteiger partial charge in [0.15, 0.2) is 0 Å². The molecule has 13 heavy (non-hydrogen) atoms. The van der Waals surface area contributed by atoms with Crippen molar-refractivity contribution in [3.8, 4) is 0 Å². The molecule has 2 aliphatic rings. The number of nitrogens with two attached hydrogens (primary N) is 1. The summed E-state index contributed by atoms with van der Waals surface area (Å²) < 4.78 is 0. The SMILES string of the molecule is C[C@@H]1CCC[C@]2(C1)[C@H](N)C(=O)N2C. The molecule has 1 aliphatic carbocycles. The fraction of sp³-hybridized carbons (Fsp3) is 0.900. The van der Waals surface area contributed by atoms with Crippen molar-refractivity contribution in [1.29, 1.82) is 0 Å². The van der Waals surface area contributed by atoms with E-state index in [0.29, 0.717) is 0 Å².